The van der Waals surface area contributed by atoms with Gasteiger partial charge in [0.05, 0.1) is 24.2 Å². The van der Waals surface area contributed by atoms with Crippen LogP contribution in [0.4, 0.5) is 32.0 Å². The summed E-state index contributed by atoms with van der Waals surface area (Å²) in [4.78, 5) is 43.6. The van der Waals surface area contributed by atoms with Gasteiger partial charge in [0.25, 0.3) is 5.91 Å². The number of fused-ring (bicyclic) bond motifs is 1. The lowest BCUT2D eigenvalue weighted by molar-refractivity contribution is -0.142. The Morgan fingerprint density at radius 3 is 2.14 bits per heavy atom. The van der Waals surface area contributed by atoms with Crippen LogP contribution in [0.1, 0.15) is 57.1 Å². The van der Waals surface area contributed by atoms with Gasteiger partial charge in [0.15, 0.2) is 0 Å². The Balaban J connectivity index is 0.000000546. The fraction of sp³-hybridized carbons (Fsp3) is 0.471. The van der Waals surface area contributed by atoms with Gasteiger partial charge < -0.3 is 20.6 Å². The van der Waals surface area contributed by atoms with Crippen molar-refractivity contribution in [2.24, 2.45) is 10.9 Å². The van der Waals surface area contributed by atoms with E-state index in [0.717, 1.165) is 31.0 Å². The average molecular weight is 700 g/mol. The first-order valence-electron chi connectivity index (χ1n) is 15.4. The number of amides is 3. The molecule has 3 amide bonds. The molecule has 0 aromatic heterocycles. The van der Waals surface area contributed by atoms with Crippen LogP contribution in [0.15, 0.2) is 59.6 Å². The third kappa shape index (κ3) is 15.1. The van der Waals surface area contributed by atoms with E-state index in [1.807, 2.05) is 47.4 Å². The van der Waals surface area contributed by atoms with E-state index in [2.05, 4.69) is 28.5 Å². The minimum absolute atomic E-state index is 0.201. The molecular formula is C34H43F6N5O4. The van der Waals surface area contributed by atoms with Crippen LogP contribution in [0.5, 0.6) is 0 Å². The summed E-state index contributed by atoms with van der Waals surface area (Å²) in [5, 5.41) is 14.2. The first-order valence-corrected chi connectivity index (χ1v) is 15.4. The van der Waals surface area contributed by atoms with Gasteiger partial charge in [0, 0.05) is 50.0 Å². The number of likely N-dealkylation sites (tertiary alicyclic amines) is 1. The molecule has 2 heterocycles. The number of anilines is 1. The summed E-state index contributed by atoms with van der Waals surface area (Å²) in [5.74, 6) is -1.93. The van der Waals surface area contributed by atoms with Crippen LogP contribution in [-0.2, 0) is 14.4 Å². The first-order chi connectivity index (χ1) is 23.1. The predicted octanol–water partition coefficient (Wildman–Crippen LogP) is 5.28. The Labute approximate surface area is 282 Å². The Morgan fingerprint density at radius 2 is 1.63 bits per heavy atom. The highest BCUT2D eigenvalue weighted by atomic mass is 19.4. The summed E-state index contributed by atoms with van der Waals surface area (Å²) in [6, 6.07) is 16.5. The van der Waals surface area contributed by atoms with Crippen molar-refractivity contribution in [2.45, 2.75) is 70.6 Å². The number of nitrogens with zero attached hydrogens (tertiary/aromatic N) is 3. The van der Waals surface area contributed by atoms with Gasteiger partial charge in [-0.25, -0.2) is 4.99 Å². The molecule has 3 N–H and O–H groups in total. The molecule has 270 valence electrons. The Hall–Kier alpha value is -4.42. The molecule has 0 radical (unpaired) electrons. The second kappa shape index (κ2) is 20.8. The number of alkyl halides is 6. The van der Waals surface area contributed by atoms with E-state index >= 15 is 0 Å². The van der Waals surface area contributed by atoms with Crippen molar-refractivity contribution in [3.8, 4) is 12.8 Å². The van der Waals surface area contributed by atoms with Crippen LogP contribution in [-0.4, -0.2) is 85.4 Å². The number of rotatable bonds is 9. The number of para-hydroxylation sites is 1. The van der Waals surface area contributed by atoms with Crippen molar-refractivity contribution in [3.05, 3.63) is 65.7 Å². The minimum Gasteiger partial charge on any atom is -0.392 e. The number of aliphatic hydroxyl groups is 1. The molecule has 49 heavy (non-hydrogen) atoms. The third-order valence-corrected chi connectivity index (χ3v) is 7.36. The number of hydrogen-bond acceptors (Lipinski definition) is 6. The molecule has 1 saturated heterocycles. The molecule has 4 rings (SSSR count). The second-order valence-corrected chi connectivity index (χ2v) is 10.9. The van der Waals surface area contributed by atoms with Gasteiger partial charge in [-0.1, -0.05) is 62.4 Å². The molecule has 9 nitrogen and oxygen atoms in total. The van der Waals surface area contributed by atoms with Crippen molar-refractivity contribution in [2.75, 3.05) is 31.7 Å². The molecule has 1 unspecified atom stereocenters. The molecule has 2 aliphatic heterocycles. The molecule has 2 aliphatic rings. The lowest BCUT2D eigenvalue weighted by Crippen LogP contribution is -2.47. The van der Waals surface area contributed by atoms with Crippen molar-refractivity contribution < 1.29 is 45.8 Å². The highest BCUT2D eigenvalue weighted by Gasteiger charge is 2.34. The number of carbonyl (C=O) groups is 3. The Bertz CT molecular complexity index is 1370. The predicted molar refractivity (Wildman–Crippen MR) is 175 cm³/mol. The summed E-state index contributed by atoms with van der Waals surface area (Å²) in [6.07, 6.45) is -2.13. The first kappa shape index (κ1) is 42.6. The largest absolute Gasteiger partial charge is 0.392 e. The zero-order valence-corrected chi connectivity index (χ0v) is 27.6. The van der Waals surface area contributed by atoms with Gasteiger partial charge in [-0.3, -0.25) is 19.3 Å². The molecule has 2 aromatic carbocycles. The van der Waals surface area contributed by atoms with E-state index in [0.29, 0.717) is 31.0 Å². The molecular weight excluding hydrogens is 656 g/mol. The number of terminal acetylenes is 1. The molecule has 2 aromatic rings. The van der Waals surface area contributed by atoms with Gasteiger partial charge in [-0.2, -0.15) is 26.3 Å². The highest BCUT2D eigenvalue weighted by molar-refractivity contribution is 6.20. The number of hydrogen-bond donors (Lipinski definition) is 3. The number of benzene rings is 2. The van der Waals surface area contributed by atoms with E-state index in [1.165, 1.54) is 4.90 Å². The molecule has 3 atom stereocenters. The van der Waals surface area contributed by atoms with Crippen molar-refractivity contribution in [3.63, 3.8) is 0 Å². The number of aliphatic imine (C=N–C) groups is 1. The summed E-state index contributed by atoms with van der Waals surface area (Å²) in [6.45, 7) is 4.85. The topological polar surface area (TPSA) is 114 Å². The van der Waals surface area contributed by atoms with E-state index in [4.69, 9.17) is 5.11 Å². The second-order valence-electron chi connectivity index (χ2n) is 10.9. The van der Waals surface area contributed by atoms with Gasteiger partial charge in [-0.15, -0.1) is 12.8 Å². The normalized spacial score (nSPS) is 18.0. The molecule has 1 fully saturated rings. The maximum atomic E-state index is 13.1. The number of halogens is 6. The quantitative estimate of drug-likeness (QED) is 0.188. The number of nitrogens with one attached hydrogen (secondary N) is 2. The lowest BCUT2D eigenvalue weighted by atomic mass is 9.99. The highest BCUT2D eigenvalue weighted by Crippen LogP contribution is 2.28. The summed E-state index contributed by atoms with van der Waals surface area (Å²) >= 11 is 0. The average Bonchev–Trinajstić information content (AvgIpc) is 3.47. The molecule has 0 aliphatic carbocycles. The van der Waals surface area contributed by atoms with Gasteiger partial charge in [-0.05, 0) is 25.3 Å². The van der Waals surface area contributed by atoms with E-state index < -0.39 is 49.1 Å². The number of carbonyl (C=O) groups excluding carboxylic acids is 3. The summed E-state index contributed by atoms with van der Waals surface area (Å²) < 4.78 is 70.2. The van der Waals surface area contributed by atoms with Gasteiger partial charge >= 0.3 is 12.4 Å². The number of benzodiazepines with no additional fused rings is 1. The molecule has 15 heteroatoms. The van der Waals surface area contributed by atoms with E-state index in [1.54, 1.807) is 26.1 Å². The summed E-state index contributed by atoms with van der Waals surface area (Å²) in [7, 11) is 1.59. The van der Waals surface area contributed by atoms with Crippen molar-refractivity contribution in [1.29, 1.82) is 0 Å². The van der Waals surface area contributed by atoms with Gasteiger partial charge in [0.1, 0.15) is 0 Å². The maximum Gasteiger partial charge on any atom is 0.389 e. The van der Waals surface area contributed by atoms with Crippen LogP contribution >= 0.6 is 0 Å². The van der Waals surface area contributed by atoms with E-state index in [9.17, 15) is 40.7 Å². The fourth-order valence-corrected chi connectivity index (χ4v) is 4.68. The van der Waals surface area contributed by atoms with Crippen molar-refractivity contribution >= 4 is 29.6 Å². The van der Waals surface area contributed by atoms with Crippen LogP contribution in [0.3, 0.4) is 0 Å². The number of aliphatic hydroxyl groups excluding tert-OH is 1. The van der Waals surface area contributed by atoms with Crippen LogP contribution in [0, 0.1) is 18.8 Å². The lowest BCUT2D eigenvalue weighted by Gasteiger charge is -2.22. The standard InChI is InChI=1S/C23H24F3N3O2.C6H12N2O2.C3H5F3.C2H2/c1-3-15(13-14-23(24,25)26)21(30)28-20-22(31)29(2)18-12-8-7-11-17(18)19(27-20)16-9-5-4-6-10-16;9-5-7-4-8-2-1-6(10)3-8;1-2-3(4,5)6;1-2/h4-12,15,20H,3,13-14H2,1-2H3,(H,28,30);5-6,10H,1-4H2,(H,7,9);2H2,1H3;1-2H/t15-,20+;;;/m0.../s1. The fourth-order valence-electron chi connectivity index (χ4n) is 4.68. The maximum absolute atomic E-state index is 13.1. The Kier molecular flexibility index (Phi) is 18.1. The van der Waals surface area contributed by atoms with Gasteiger partial charge in [0.2, 0.25) is 18.5 Å². The molecule has 0 spiro atoms. The van der Waals surface area contributed by atoms with Crippen LogP contribution in [0.2, 0.25) is 0 Å². The smallest absolute Gasteiger partial charge is 0.389 e. The number of likely N-dealkylation sites (N-methyl/N-ethyl adjacent to an activating group) is 1. The minimum atomic E-state index is -4.34. The molecule has 0 bridgehead atoms. The van der Waals surface area contributed by atoms with Crippen molar-refractivity contribution in [1.82, 2.24) is 15.5 Å². The number of β-amino-alcohol motifs (C(OH)–C–C–N with tert-alkyl or cyclic N) is 1. The van der Waals surface area contributed by atoms with Crippen LogP contribution < -0.4 is 15.5 Å². The Morgan fingerprint density at radius 1 is 1.04 bits per heavy atom. The zero-order valence-electron chi connectivity index (χ0n) is 27.6. The SMILES string of the molecule is C#C.CCC(F)(F)F.CC[C@@H](CCC(F)(F)F)C(=O)N[C@H]1N=C(c2ccccc2)c2ccccc2N(C)C1=O.O=CNCN1CCC(O)C1. The molecule has 0 saturated carbocycles. The third-order valence-electron chi connectivity index (χ3n) is 7.36. The van der Waals surface area contributed by atoms with Crippen LogP contribution in [0.25, 0.3) is 0 Å². The monoisotopic (exact) mass is 699 g/mol. The van der Waals surface area contributed by atoms with E-state index in [-0.39, 0.29) is 18.9 Å². The zero-order chi connectivity index (χ0) is 37.2. The summed E-state index contributed by atoms with van der Waals surface area (Å²) in [5.41, 5.74) is 2.66.